The summed E-state index contributed by atoms with van der Waals surface area (Å²) in [7, 11) is 1.55. The first-order valence-electron chi connectivity index (χ1n) is 4.39. The third kappa shape index (κ3) is 1.74. The molecule has 0 amide bonds. The summed E-state index contributed by atoms with van der Waals surface area (Å²) in [5.74, 6) is 1.21. The van der Waals surface area contributed by atoms with Crippen LogP contribution in [0.3, 0.4) is 0 Å². The van der Waals surface area contributed by atoms with Crippen LogP contribution in [0, 0.1) is 0 Å². The Morgan fingerprint density at radius 3 is 2.87 bits per heavy atom. The van der Waals surface area contributed by atoms with Gasteiger partial charge in [0.05, 0.1) is 13.3 Å². The standard InChI is InChI=1S/C11H9NO3/c1-14-9-2-3-10(8(6-9)7-13)11-4-5-12-15-11/h2-7H,1H3. The molecule has 1 heterocycles. The van der Waals surface area contributed by atoms with Gasteiger partial charge in [-0.1, -0.05) is 5.16 Å². The highest BCUT2D eigenvalue weighted by Gasteiger charge is 2.08. The maximum atomic E-state index is 10.9. The Morgan fingerprint density at radius 1 is 1.40 bits per heavy atom. The van der Waals surface area contributed by atoms with Crippen LogP contribution < -0.4 is 4.74 Å². The quantitative estimate of drug-likeness (QED) is 0.717. The predicted molar refractivity (Wildman–Crippen MR) is 53.9 cm³/mol. The van der Waals surface area contributed by atoms with Gasteiger partial charge in [-0.05, 0) is 18.2 Å². The van der Waals surface area contributed by atoms with Gasteiger partial charge in [-0.25, -0.2) is 0 Å². The lowest BCUT2D eigenvalue weighted by Gasteiger charge is -2.03. The van der Waals surface area contributed by atoms with Gasteiger partial charge >= 0.3 is 0 Å². The Bertz CT molecular complexity index is 463. The molecule has 0 aliphatic carbocycles. The van der Waals surface area contributed by atoms with E-state index in [9.17, 15) is 4.79 Å². The highest BCUT2D eigenvalue weighted by Crippen LogP contribution is 2.25. The molecule has 0 aliphatic rings. The van der Waals surface area contributed by atoms with E-state index in [2.05, 4.69) is 5.16 Å². The van der Waals surface area contributed by atoms with Gasteiger partial charge in [0.25, 0.3) is 0 Å². The van der Waals surface area contributed by atoms with Crippen molar-refractivity contribution in [1.82, 2.24) is 5.16 Å². The lowest BCUT2D eigenvalue weighted by molar-refractivity contribution is 0.112. The summed E-state index contributed by atoms with van der Waals surface area (Å²) < 4.78 is 10.0. The minimum Gasteiger partial charge on any atom is -0.497 e. The second-order valence-corrected chi connectivity index (χ2v) is 2.95. The summed E-state index contributed by atoms with van der Waals surface area (Å²) in [6.07, 6.45) is 2.30. The van der Waals surface area contributed by atoms with Gasteiger partial charge in [0, 0.05) is 17.2 Å². The zero-order chi connectivity index (χ0) is 10.7. The van der Waals surface area contributed by atoms with E-state index in [1.165, 1.54) is 6.20 Å². The lowest BCUT2D eigenvalue weighted by Crippen LogP contribution is -1.89. The fourth-order valence-electron chi connectivity index (χ4n) is 1.34. The topological polar surface area (TPSA) is 52.3 Å². The molecule has 15 heavy (non-hydrogen) atoms. The van der Waals surface area contributed by atoms with E-state index in [1.807, 2.05) is 0 Å². The molecule has 0 atom stereocenters. The van der Waals surface area contributed by atoms with Crippen LogP contribution in [0.5, 0.6) is 5.75 Å². The largest absolute Gasteiger partial charge is 0.497 e. The minimum atomic E-state index is 0.520. The van der Waals surface area contributed by atoms with E-state index in [4.69, 9.17) is 9.26 Å². The molecule has 0 unspecified atom stereocenters. The molecular weight excluding hydrogens is 194 g/mol. The smallest absolute Gasteiger partial charge is 0.167 e. The second-order valence-electron chi connectivity index (χ2n) is 2.95. The van der Waals surface area contributed by atoms with Crippen molar-refractivity contribution >= 4 is 6.29 Å². The molecule has 0 bridgehead atoms. The average molecular weight is 203 g/mol. The van der Waals surface area contributed by atoms with Gasteiger partial charge in [-0.15, -0.1) is 0 Å². The Morgan fingerprint density at radius 2 is 2.27 bits per heavy atom. The zero-order valence-corrected chi connectivity index (χ0v) is 8.14. The molecule has 0 aliphatic heterocycles. The summed E-state index contributed by atoms with van der Waals surface area (Å²) >= 11 is 0. The number of nitrogens with zero attached hydrogens (tertiary/aromatic N) is 1. The van der Waals surface area contributed by atoms with Crippen LogP contribution in [0.25, 0.3) is 11.3 Å². The van der Waals surface area contributed by atoms with Crippen molar-refractivity contribution in [2.45, 2.75) is 0 Å². The van der Waals surface area contributed by atoms with Crippen LogP contribution in [0.2, 0.25) is 0 Å². The maximum absolute atomic E-state index is 10.9. The minimum absolute atomic E-state index is 0.520. The number of hydrogen-bond acceptors (Lipinski definition) is 4. The summed E-state index contributed by atoms with van der Waals surface area (Å²) in [6, 6.07) is 6.90. The second kappa shape index (κ2) is 3.96. The number of benzene rings is 1. The first-order chi connectivity index (χ1) is 7.35. The van der Waals surface area contributed by atoms with Crippen LogP contribution in [0.1, 0.15) is 10.4 Å². The van der Waals surface area contributed by atoms with Gasteiger partial charge in [-0.2, -0.15) is 0 Å². The summed E-state index contributed by atoms with van der Waals surface area (Å²) in [5.41, 5.74) is 1.23. The number of aldehydes is 1. The highest BCUT2D eigenvalue weighted by molar-refractivity contribution is 5.86. The molecule has 1 aromatic carbocycles. The van der Waals surface area contributed by atoms with Crippen LogP contribution in [-0.2, 0) is 0 Å². The van der Waals surface area contributed by atoms with Crippen LogP contribution in [0.4, 0.5) is 0 Å². The van der Waals surface area contributed by atoms with Gasteiger partial charge in [0.1, 0.15) is 5.75 Å². The fourth-order valence-corrected chi connectivity index (χ4v) is 1.34. The average Bonchev–Trinajstić information content (AvgIpc) is 2.81. The molecule has 0 saturated carbocycles. The Balaban J connectivity index is 2.52. The van der Waals surface area contributed by atoms with Crippen LogP contribution >= 0.6 is 0 Å². The molecule has 0 N–H and O–H groups in total. The van der Waals surface area contributed by atoms with Gasteiger partial charge in [-0.3, -0.25) is 4.79 Å². The molecule has 2 aromatic rings. The number of rotatable bonds is 3. The van der Waals surface area contributed by atoms with Crippen molar-refractivity contribution in [3.8, 4) is 17.1 Å². The van der Waals surface area contributed by atoms with Crippen molar-refractivity contribution in [2.24, 2.45) is 0 Å². The van der Waals surface area contributed by atoms with Crippen LogP contribution in [-0.4, -0.2) is 18.6 Å². The Hall–Kier alpha value is -2.10. The van der Waals surface area contributed by atoms with Gasteiger partial charge in [0.2, 0.25) is 0 Å². The number of hydrogen-bond donors (Lipinski definition) is 0. The van der Waals surface area contributed by atoms with E-state index in [0.29, 0.717) is 22.6 Å². The molecule has 0 saturated heterocycles. The third-order valence-corrected chi connectivity index (χ3v) is 2.09. The SMILES string of the molecule is COc1ccc(-c2ccno2)c(C=O)c1. The van der Waals surface area contributed by atoms with Crippen molar-refractivity contribution in [1.29, 1.82) is 0 Å². The van der Waals surface area contributed by atoms with E-state index >= 15 is 0 Å². The molecule has 4 nitrogen and oxygen atoms in total. The van der Waals surface area contributed by atoms with Crippen LogP contribution in [0.15, 0.2) is 35.0 Å². The summed E-state index contributed by atoms with van der Waals surface area (Å²) in [4.78, 5) is 10.9. The molecule has 1 aromatic heterocycles. The van der Waals surface area contributed by atoms with E-state index in [1.54, 1.807) is 31.4 Å². The number of aromatic nitrogens is 1. The lowest BCUT2D eigenvalue weighted by atomic mass is 10.1. The zero-order valence-electron chi connectivity index (χ0n) is 8.14. The molecule has 76 valence electrons. The van der Waals surface area contributed by atoms with E-state index in [-0.39, 0.29) is 0 Å². The predicted octanol–water partition coefficient (Wildman–Crippen LogP) is 2.16. The number of carbonyl (C=O) groups excluding carboxylic acids is 1. The molecule has 4 heteroatoms. The molecule has 0 fully saturated rings. The number of ether oxygens (including phenoxy) is 1. The maximum Gasteiger partial charge on any atom is 0.167 e. The van der Waals surface area contributed by atoms with Crippen molar-refractivity contribution in [2.75, 3.05) is 7.11 Å². The molecule has 2 rings (SSSR count). The molecular formula is C11H9NO3. The van der Waals surface area contributed by atoms with Gasteiger partial charge < -0.3 is 9.26 Å². The van der Waals surface area contributed by atoms with Crippen molar-refractivity contribution in [3.63, 3.8) is 0 Å². The third-order valence-electron chi connectivity index (χ3n) is 2.09. The number of carbonyl (C=O) groups is 1. The Labute approximate surface area is 86.5 Å². The van der Waals surface area contributed by atoms with E-state index in [0.717, 1.165) is 6.29 Å². The normalized spacial score (nSPS) is 9.93. The molecule has 0 spiro atoms. The van der Waals surface area contributed by atoms with Crippen molar-refractivity contribution in [3.05, 3.63) is 36.0 Å². The fraction of sp³-hybridized carbons (Fsp3) is 0.0909. The van der Waals surface area contributed by atoms with Crippen molar-refractivity contribution < 1.29 is 14.1 Å². The highest BCUT2D eigenvalue weighted by atomic mass is 16.5. The number of methoxy groups -OCH3 is 1. The van der Waals surface area contributed by atoms with Gasteiger partial charge in [0.15, 0.2) is 12.0 Å². The monoisotopic (exact) mass is 203 g/mol. The summed E-state index contributed by atoms with van der Waals surface area (Å²) in [5, 5.41) is 3.59. The Kier molecular flexibility index (Phi) is 2.49. The first kappa shape index (κ1) is 9.45. The summed E-state index contributed by atoms with van der Waals surface area (Å²) in [6.45, 7) is 0. The first-order valence-corrected chi connectivity index (χ1v) is 4.39. The van der Waals surface area contributed by atoms with E-state index < -0.39 is 0 Å². The molecule has 0 radical (unpaired) electrons.